The molecule has 17 heavy (non-hydrogen) atoms. The second-order valence-corrected chi connectivity index (χ2v) is 5.55. The van der Waals surface area contributed by atoms with Crippen LogP contribution in [0, 0.1) is 0 Å². The summed E-state index contributed by atoms with van der Waals surface area (Å²) in [6.07, 6.45) is 1.24. The molecule has 0 radical (unpaired) electrons. The van der Waals surface area contributed by atoms with Gasteiger partial charge in [0.05, 0.1) is 0 Å². The summed E-state index contributed by atoms with van der Waals surface area (Å²) in [7, 11) is 0. The summed E-state index contributed by atoms with van der Waals surface area (Å²) < 4.78 is 16.2. The number of benzene rings is 1. The first kappa shape index (κ1) is 10.6. The minimum absolute atomic E-state index is 0.0866. The van der Waals surface area contributed by atoms with Crippen molar-refractivity contribution in [2.75, 3.05) is 0 Å². The van der Waals surface area contributed by atoms with Crippen LogP contribution in [0.3, 0.4) is 0 Å². The Morgan fingerprint density at radius 2 is 2.06 bits per heavy atom. The molecule has 1 aromatic rings. The van der Waals surface area contributed by atoms with Crippen molar-refractivity contribution in [2.45, 2.75) is 4.90 Å². The van der Waals surface area contributed by atoms with Crippen molar-refractivity contribution in [3.8, 4) is 0 Å². The van der Waals surface area contributed by atoms with Crippen LogP contribution >= 0.6 is 11.8 Å². The Morgan fingerprint density at radius 1 is 1.29 bits per heavy atom. The molecule has 1 aromatic carbocycles. The minimum atomic E-state index is -1.93. The third-order valence-electron chi connectivity index (χ3n) is 2.37. The topological polar surface area (TPSA) is 63.6 Å². The molecule has 0 spiro atoms. The van der Waals surface area contributed by atoms with Gasteiger partial charge in [0.25, 0.3) is 0 Å². The maximum atomic E-state index is 11.7. The number of thioether (sulfide) groups is 1. The predicted octanol–water partition coefficient (Wildman–Crippen LogP) is 2.12. The maximum absolute atomic E-state index is 11.7. The number of fused-ring (bicyclic) bond motifs is 2. The Labute approximate surface area is 104 Å². The molecular weight excluding hydrogens is 260 g/mol. The van der Waals surface area contributed by atoms with Crippen LogP contribution in [0.4, 0.5) is 0 Å². The molecule has 0 aliphatic carbocycles. The quantitative estimate of drug-likeness (QED) is 0.779. The highest BCUT2D eigenvalue weighted by Gasteiger charge is 2.33. The molecule has 0 bridgehead atoms. The van der Waals surface area contributed by atoms with E-state index in [0.717, 1.165) is 4.90 Å². The molecule has 0 fully saturated rings. The van der Waals surface area contributed by atoms with Gasteiger partial charge in [0.15, 0.2) is 0 Å². The number of carbonyl (C=O) groups excluding carboxylic acids is 1. The van der Waals surface area contributed by atoms with Crippen molar-refractivity contribution in [1.29, 1.82) is 0 Å². The third-order valence-corrected chi connectivity index (χ3v) is 4.68. The molecular formula is C11H6O4S2. The van der Waals surface area contributed by atoms with E-state index in [9.17, 15) is 14.1 Å². The lowest BCUT2D eigenvalue weighted by atomic mass is 10.1. The number of rotatable bonds is 0. The molecule has 2 heterocycles. The van der Waals surface area contributed by atoms with Gasteiger partial charge in [-0.3, -0.25) is 0 Å². The van der Waals surface area contributed by atoms with Crippen molar-refractivity contribution < 1.29 is 18.3 Å². The second-order valence-electron chi connectivity index (χ2n) is 3.42. The SMILES string of the molecule is O=C1C=C2Sc3ccccc3C(O)=C2S(=O)O1. The van der Waals surface area contributed by atoms with Crippen molar-refractivity contribution in [1.82, 2.24) is 0 Å². The molecule has 1 unspecified atom stereocenters. The van der Waals surface area contributed by atoms with Crippen molar-refractivity contribution >= 4 is 34.6 Å². The summed E-state index contributed by atoms with van der Waals surface area (Å²) >= 11 is -0.632. The Balaban J connectivity index is 2.28. The van der Waals surface area contributed by atoms with E-state index in [1.165, 1.54) is 17.8 Å². The van der Waals surface area contributed by atoms with Gasteiger partial charge in [-0.2, -0.15) is 0 Å². The van der Waals surface area contributed by atoms with Crippen LogP contribution in [0.25, 0.3) is 5.76 Å². The van der Waals surface area contributed by atoms with E-state index in [2.05, 4.69) is 4.18 Å². The zero-order valence-corrected chi connectivity index (χ0v) is 10.0. The van der Waals surface area contributed by atoms with Crippen LogP contribution < -0.4 is 0 Å². The molecule has 1 N–H and O–H groups in total. The monoisotopic (exact) mass is 266 g/mol. The lowest BCUT2D eigenvalue weighted by Gasteiger charge is -2.22. The molecule has 0 amide bonds. The highest BCUT2D eigenvalue weighted by Crippen LogP contribution is 2.46. The van der Waals surface area contributed by atoms with E-state index in [0.29, 0.717) is 10.5 Å². The molecule has 0 saturated heterocycles. The average molecular weight is 266 g/mol. The van der Waals surface area contributed by atoms with Gasteiger partial charge >= 0.3 is 5.97 Å². The number of carbonyl (C=O) groups is 1. The largest absolute Gasteiger partial charge is 0.506 e. The summed E-state index contributed by atoms with van der Waals surface area (Å²) in [5.41, 5.74) is 0.607. The number of hydrogen-bond acceptors (Lipinski definition) is 5. The van der Waals surface area contributed by atoms with Gasteiger partial charge in [-0.05, 0) is 6.07 Å². The normalized spacial score (nSPS) is 22.5. The predicted molar refractivity (Wildman–Crippen MR) is 64.2 cm³/mol. The van der Waals surface area contributed by atoms with Gasteiger partial charge in [-0.15, -0.1) is 0 Å². The van der Waals surface area contributed by atoms with Crippen molar-refractivity contribution in [3.63, 3.8) is 0 Å². The van der Waals surface area contributed by atoms with Crippen LogP contribution in [0.15, 0.2) is 45.0 Å². The fraction of sp³-hybridized carbons (Fsp3) is 0. The van der Waals surface area contributed by atoms with E-state index >= 15 is 0 Å². The maximum Gasteiger partial charge on any atom is 0.346 e. The number of hydrogen-bond donors (Lipinski definition) is 1. The average Bonchev–Trinajstić information content (AvgIpc) is 2.28. The summed E-state index contributed by atoms with van der Waals surface area (Å²) in [6, 6.07) is 7.18. The Kier molecular flexibility index (Phi) is 2.34. The lowest BCUT2D eigenvalue weighted by molar-refractivity contribution is -0.128. The lowest BCUT2D eigenvalue weighted by Crippen LogP contribution is -2.17. The molecule has 4 nitrogen and oxygen atoms in total. The van der Waals surface area contributed by atoms with Crippen LogP contribution in [0.5, 0.6) is 0 Å². The summed E-state index contributed by atoms with van der Waals surface area (Å²) in [4.78, 5) is 12.6. The van der Waals surface area contributed by atoms with E-state index in [1.54, 1.807) is 12.1 Å². The highest BCUT2D eigenvalue weighted by molar-refractivity contribution is 8.05. The molecule has 86 valence electrons. The standard InChI is InChI=1S/C11H6O4S2/c12-9-5-8-11(17(14)15-9)10(13)6-3-1-2-4-7(6)16-8/h1-5,13H. The Morgan fingerprint density at radius 3 is 2.88 bits per heavy atom. The van der Waals surface area contributed by atoms with Gasteiger partial charge in [0, 0.05) is 21.4 Å². The van der Waals surface area contributed by atoms with E-state index in [-0.39, 0.29) is 10.7 Å². The Hall–Kier alpha value is -1.53. The summed E-state index contributed by atoms with van der Waals surface area (Å²) in [5, 5.41) is 10.1. The number of aliphatic hydroxyl groups excluding tert-OH is 1. The minimum Gasteiger partial charge on any atom is -0.506 e. The van der Waals surface area contributed by atoms with E-state index in [1.807, 2.05) is 12.1 Å². The molecule has 1 atom stereocenters. The molecule has 6 heteroatoms. The molecule has 0 saturated carbocycles. The van der Waals surface area contributed by atoms with Crippen LogP contribution in [-0.2, 0) is 20.1 Å². The first-order chi connectivity index (χ1) is 8.16. The van der Waals surface area contributed by atoms with Gasteiger partial charge in [-0.1, -0.05) is 30.0 Å². The first-order valence-corrected chi connectivity index (χ1v) is 6.62. The fourth-order valence-corrected chi connectivity index (χ4v) is 3.76. The van der Waals surface area contributed by atoms with Crippen LogP contribution in [0.1, 0.15) is 5.56 Å². The molecule has 2 aliphatic heterocycles. The van der Waals surface area contributed by atoms with Gasteiger partial charge < -0.3 is 9.29 Å². The zero-order chi connectivity index (χ0) is 12.0. The van der Waals surface area contributed by atoms with Gasteiger partial charge in [-0.25, -0.2) is 9.00 Å². The third kappa shape index (κ3) is 1.60. The fourth-order valence-electron chi connectivity index (χ4n) is 1.66. The number of aliphatic hydroxyl groups is 1. The van der Waals surface area contributed by atoms with Gasteiger partial charge in [0.1, 0.15) is 10.7 Å². The van der Waals surface area contributed by atoms with Crippen LogP contribution in [0.2, 0.25) is 0 Å². The smallest absolute Gasteiger partial charge is 0.346 e. The van der Waals surface area contributed by atoms with E-state index in [4.69, 9.17) is 0 Å². The molecule has 3 rings (SSSR count). The second kappa shape index (κ2) is 3.75. The summed E-state index contributed by atoms with van der Waals surface area (Å²) in [5.74, 6) is -0.738. The van der Waals surface area contributed by atoms with Gasteiger partial charge in [0.2, 0.25) is 11.1 Å². The highest BCUT2D eigenvalue weighted by atomic mass is 32.2. The zero-order valence-electron chi connectivity index (χ0n) is 8.38. The van der Waals surface area contributed by atoms with E-state index < -0.39 is 17.0 Å². The Bertz CT molecular complexity index is 616. The first-order valence-electron chi connectivity index (χ1n) is 4.73. The van der Waals surface area contributed by atoms with Crippen molar-refractivity contribution in [3.05, 3.63) is 45.7 Å². The molecule has 2 aliphatic rings. The summed E-state index contributed by atoms with van der Waals surface area (Å²) in [6.45, 7) is 0. The van der Waals surface area contributed by atoms with Crippen molar-refractivity contribution in [2.24, 2.45) is 0 Å². The molecule has 0 aromatic heterocycles. The van der Waals surface area contributed by atoms with Crippen LogP contribution in [-0.4, -0.2) is 15.3 Å².